The third-order valence-electron chi connectivity index (χ3n) is 5.82. The molecule has 3 aromatic rings. The SMILES string of the molecule is COc1cc(C(=O)NCc2ccnc(N3CCN(C)CC3)c2)ccc1OCc1ccc(Cl)cc1. The number of halogens is 1. The van der Waals surface area contributed by atoms with Gasteiger partial charge in [0.05, 0.1) is 7.11 Å². The molecule has 7 nitrogen and oxygen atoms in total. The molecular weight excluding hydrogens is 452 g/mol. The smallest absolute Gasteiger partial charge is 0.251 e. The first kappa shape index (κ1) is 23.9. The van der Waals surface area contributed by atoms with Gasteiger partial charge < -0.3 is 24.6 Å². The Bertz CT molecular complexity index is 1120. The molecule has 34 heavy (non-hydrogen) atoms. The van der Waals surface area contributed by atoms with Crippen LogP contribution in [0.2, 0.25) is 5.02 Å². The Labute approximate surface area is 205 Å². The molecule has 0 saturated carbocycles. The highest BCUT2D eigenvalue weighted by Crippen LogP contribution is 2.29. The van der Waals surface area contributed by atoms with Gasteiger partial charge in [-0.05, 0) is 60.6 Å². The molecule has 178 valence electrons. The highest BCUT2D eigenvalue weighted by molar-refractivity contribution is 6.30. The quantitative estimate of drug-likeness (QED) is 0.525. The van der Waals surface area contributed by atoms with Gasteiger partial charge in [-0.1, -0.05) is 23.7 Å². The van der Waals surface area contributed by atoms with Crippen molar-refractivity contribution >= 4 is 23.3 Å². The first-order valence-corrected chi connectivity index (χ1v) is 11.6. The Hall–Kier alpha value is -3.29. The van der Waals surface area contributed by atoms with Gasteiger partial charge in [0.1, 0.15) is 12.4 Å². The summed E-state index contributed by atoms with van der Waals surface area (Å²) in [5.74, 6) is 1.84. The van der Waals surface area contributed by atoms with E-state index in [0.29, 0.717) is 35.2 Å². The number of rotatable bonds is 8. The molecule has 1 N–H and O–H groups in total. The molecule has 1 aliphatic rings. The number of likely N-dealkylation sites (N-methyl/N-ethyl adjacent to an activating group) is 1. The number of benzene rings is 2. The van der Waals surface area contributed by atoms with Crippen molar-refractivity contribution in [1.82, 2.24) is 15.2 Å². The fourth-order valence-electron chi connectivity index (χ4n) is 3.73. The van der Waals surface area contributed by atoms with E-state index in [-0.39, 0.29) is 5.91 Å². The fourth-order valence-corrected chi connectivity index (χ4v) is 3.86. The highest BCUT2D eigenvalue weighted by atomic mass is 35.5. The number of hydrogen-bond acceptors (Lipinski definition) is 6. The molecular formula is C26H29ClN4O3. The van der Waals surface area contributed by atoms with Crippen molar-refractivity contribution in [3.05, 3.63) is 82.5 Å². The lowest BCUT2D eigenvalue weighted by Crippen LogP contribution is -2.44. The molecule has 1 aliphatic heterocycles. The van der Waals surface area contributed by atoms with E-state index in [1.54, 1.807) is 31.5 Å². The molecule has 0 radical (unpaired) electrons. The predicted octanol–water partition coefficient (Wildman–Crippen LogP) is 4.00. The van der Waals surface area contributed by atoms with Crippen molar-refractivity contribution < 1.29 is 14.3 Å². The summed E-state index contributed by atoms with van der Waals surface area (Å²) in [4.78, 5) is 21.9. The van der Waals surface area contributed by atoms with Crippen LogP contribution in [-0.4, -0.2) is 56.1 Å². The van der Waals surface area contributed by atoms with Crippen molar-refractivity contribution in [3.8, 4) is 11.5 Å². The second-order valence-corrected chi connectivity index (χ2v) is 8.71. The monoisotopic (exact) mass is 480 g/mol. The summed E-state index contributed by atoms with van der Waals surface area (Å²) >= 11 is 5.93. The molecule has 8 heteroatoms. The number of pyridine rings is 1. The van der Waals surface area contributed by atoms with E-state index in [1.807, 2.05) is 36.4 Å². The second kappa shape index (κ2) is 11.2. The standard InChI is InChI=1S/C26H29ClN4O3/c1-30-11-13-31(14-12-30)25-15-20(9-10-28-25)17-29-26(32)21-5-8-23(24(16-21)33-2)34-18-19-3-6-22(27)7-4-19/h3-10,15-16H,11-14,17-18H2,1-2H3,(H,29,32). The minimum atomic E-state index is -0.180. The van der Waals surface area contributed by atoms with E-state index in [0.717, 1.165) is 43.1 Å². The Morgan fingerprint density at radius 3 is 2.50 bits per heavy atom. The first-order chi connectivity index (χ1) is 16.5. The fraction of sp³-hybridized carbons (Fsp3) is 0.308. The Morgan fingerprint density at radius 1 is 1.00 bits per heavy atom. The average Bonchev–Trinajstić information content (AvgIpc) is 2.87. The lowest BCUT2D eigenvalue weighted by molar-refractivity contribution is 0.0950. The van der Waals surface area contributed by atoms with Gasteiger partial charge in [0.25, 0.3) is 5.91 Å². The lowest BCUT2D eigenvalue weighted by Gasteiger charge is -2.33. The number of hydrogen-bond donors (Lipinski definition) is 1. The molecule has 0 unspecified atom stereocenters. The van der Waals surface area contributed by atoms with Crippen LogP contribution in [0.15, 0.2) is 60.8 Å². The number of carbonyl (C=O) groups excluding carboxylic acids is 1. The van der Waals surface area contributed by atoms with Crippen LogP contribution in [-0.2, 0) is 13.2 Å². The van der Waals surface area contributed by atoms with E-state index >= 15 is 0 Å². The highest BCUT2D eigenvalue weighted by Gasteiger charge is 2.16. The van der Waals surface area contributed by atoms with Crippen molar-refractivity contribution in [3.63, 3.8) is 0 Å². The number of amides is 1. The van der Waals surface area contributed by atoms with Crippen LogP contribution >= 0.6 is 11.6 Å². The molecule has 1 saturated heterocycles. The molecule has 1 fully saturated rings. The van der Waals surface area contributed by atoms with Crippen LogP contribution in [0.1, 0.15) is 21.5 Å². The first-order valence-electron chi connectivity index (χ1n) is 11.2. The van der Waals surface area contributed by atoms with Gasteiger partial charge in [-0.15, -0.1) is 0 Å². The molecule has 2 aromatic carbocycles. The summed E-state index contributed by atoms with van der Waals surface area (Å²) in [5.41, 5.74) is 2.50. The molecule has 1 aromatic heterocycles. The number of aromatic nitrogens is 1. The van der Waals surface area contributed by atoms with Crippen molar-refractivity contribution in [2.45, 2.75) is 13.2 Å². The molecule has 0 bridgehead atoms. The zero-order valence-electron chi connectivity index (χ0n) is 19.5. The Balaban J connectivity index is 1.35. The van der Waals surface area contributed by atoms with E-state index in [9.17, 15) is 4.79 Å². The van der Waals surface area contributed by atoms with Crippen LogP contribution in [0.25, 0.3) is 0 Å². The summed E-state index contributed by atoms with van der Waals surface area (Å²) in [7, 11) is 3.69. The van der Waals surface area contributed by atoms with Gasteiger partial charge in [-0.2, -0.15) is 0 Å². The van der Waals surface area contributed by atoms with Crippen LogP contribution in [0.4, 0.5) is 5.82 Å². The summed E-state index contributed by atoms with van der Waals surface area (Å²) in [6.07, 6.45) is 1.80. The number of methoxy groups -OCH3 is 1. The number of nitrogens with one attached hydrogen (secondary N) is 1. The number of piperazine rings is 1. The maximum Gasteiger partial charge on any atom is 0.251 e. The number of ether oxygens (including phenoxy) is 2. The maximum atomic E-state index is 12.8. The number of carbonyl (C=O) groups is 1. The normalized spacial score (nSPS) is 14.0. The topological polar surface area (TPSA) is 66.9 Å². The van der Waals surface area contributed by atoms with Gasteiger partial charge in [-0.3, -0.25) is 4.79 Å². The third-order valence-corrected chi connectivity index (χ3v) is 6.08. The van der Waals surface area contributed by atoms with E-state index in [2.05, 4.69) is 27.1 Å². The zero-order chi connectivity index (χ0) is 23.9. The van der Waals surface area contributed by atoms with E-state index in [1.165, 1.54) is 0 Å². The molecule has 0 aliphatic carbocycles. The second-order valence-electron chi connectivity index (χ2n) is 8.28. The van der Waals surface area contributed by atoms with E-state index < -0.39 is 0 Å². The lowest BCUT2D eigenvalue weighted by atomic mass is 10.1. The van der Waals surface area contributed by atoms with Crippen molar-refractivity contribution in [2.75, 3.05) is 45.2 Å². The molecule has 1 amide bonds. The van der Waals surface area contributed by atoms with Gasteiger partial charge >= 0.3 is 0 Å². The molecule has 4 rings (SSSR count). The van der Waals surface area contributed by atoms with Crippen molar-refractivity contribution in [1.29, 1.82) is 0 Å². The molecule has 2 heterocycles. The van der Waals surface area contributed by atoms with Crippen molar-refractivity contribution in [2.24, 2.45) is 0 Å². The largest absolute Gasteiger partial charge is 0.493 e. The predicted molar refractivity (Wildman–Crippen MR) is 134 cm³/mol. The summed E-state index contributed by atoms with van der Waals surface area (Å²) in [5, 5.41) is 3.66. The van der Waals surface area contributed by atoms with Crippen LogP contribution < -0.4 is 19.7 Å². The minimum Gasteiger partial charge on any atom is -0.493 e. The van der Waals surface area contributed by atoms with Crippen LogP contribution in [0.3, 0.4) is 0 Å². The van der Waals surface area contributed by atoms with Gasteiger partial charge in [-0.25, -0.2) is 4.98 Å². The van der Waals surface area contributed by atoms with Gasteiger partial charge in [0.2, 0.25) is 0 Å². The van der Waals surface area contributed by atoms with Gasteiger partial charge in [0.15, 0.2) is 11.5 Å². The van der Waals surface area contributed by atoms with E-state index in [4.69, 9.17) is 21.1 Å². The number of nitrogens with zero attached hydrogens (tertiary/aromatic N) is 3. The molecule has 0 spiro atoms. The Morgan fingerprint density at radius 2 is 1.76 bits per heavy atom. The minimum absolute atomic E-state index is 0.180. The summed E-state index contributed by atoms with van der Waals surface area (Å²) in [6, 6.07) is 16.6. The van der Waals surface area contributed by atoms with Crippen LogP contribution in [0, 0.1) is 0 Å². The van der Waals surface area contributed by atoms with Gasteiger partial charge in [0, 0.05) is 49.5 Å². The summed E-state index contributed by atoms with van der Waals surface area (Å²) in [6.45, 7) is 4.72. The maximum absolute atomic E-state index is 12.8. The summed E-state index contributed by atoms with van der Waals surface area (Å²) < 4.78 is 11.3. The Kier molecular flexibility index (Phi) is 7.87. The van der Waals surface area contributed by atoms with Crippen LogP contribution in [0.5, 0.6) is 11.5 Å². The average molecular weight is 481 g/mol. The zero-order valence-corrected chi connectivity index (χ0v) is 20.2. The molecule has 0 atom stereocenters. The third kappa shape index (κ3) is 6.18. The number of anilines is 1.